The Morgan fingerprint density at radius 1 is 1.32 bits per heavy atom. The molecule has 0 radical (unpaired) electrons. The fourth-order valence-corrected chi connectivity index (χ4v) is 4.09. The van der Waals surface area contributed by atoms with Gasteiger partial charge in [-0.3, -0.25) is 4.79 Å². The molecular weight excluding hydrogens is 336 g/mol. The molecule has 1 saturated heterocycles. The number of morpholine rings is 1. The minimum atomic E-state index is -0.605. The number of nitrogens with zero attached hydrogens (tertiary/aromatic N) is 3. The normalized spacial score (nSPS) is 17.8. The zero-order valence-electron chi connectivity index (χ0n) is 13.8. The van der Waals surface area contributed by atoms with E-state index in [0.717, 1.165) is 26.5 Å². The molecule has 1 amide bonds. The molecule has 0 bridgehead atoms. The number of carbonyl (C=O) groups is 1. The van der Waals surface area contributed by atoms with Crippen LogP contribution in [-0.2, 0) is 9.53 Å². The van der Waals surface area contributed by atoms with E-state index in [4.69, 9.17) is 10.5 Å². The third-order valence-electron chi connectivity index (χ3n) is 4.23. The van der Waals surface area contributed by atoms with Crippen LogP contribution in [0.3, 0.4) is 0 Å². The van der Waals surface area contributed by atoms with Gasteiger partial charge in [-0.05, 0) is 18.6 Å². The lowest BCUT2D eigenvalue weighted by atomic mass is 10.1. The second-order valence-electron chi connectivity index (χ2n) is 6.00. The third-order valence-corrected chi connectivity index (χ3v) is 5.30. The van der Waals surface area contributed by atoms with Crippen LogP contribution in [-0.4, -0.2) is 41.7 Å². The number of aromatic nitrogens is 2. The van der Waals surface area contributed by atoms with E-state index in [1.807, 2.05) is 25.1 Å². The van der Waals surface area contributed by atoms with E-state index in [1.54, 1.807) is 11.3 Å². The first kappa shape index (κ1) is 16.0. The number of anilines is 1. The van der Waals surface area contributed by atoms with Gasteiger partial charge < -0.3 is 15.4 Å². The van der Waals surface area contributed by atoms with E-state index in [0.29, 0.717) is 25.5 Å². The first-order valence-electron chi connectivity index (χ1n) is 8.11. The molecule has 128 valence electrons. The van der Waals surface area contributed by atoms with Crippen molar-refractivity contribution in [3.63, 3.8) is 0 Å². The highest BCUT2D eigenvalue weighted by Gasteiger charge is 2.27. The van der Waals surface area contributed by atoms with Crippen molar-refractivity contribution in [1.29, 1.82) is 0 Å². The molecular formula is C18H18N4O2S. The second kappa shape index (κ2) is 6.42. The summed E-state index contributed by atoms with van der Waals surface area (Å²) in [5.41, 5.74) is 6.57. The van der Waals surface area contributed by atoms with E-state index in [2.05, 4.69) is 33.1 Å². The summed E-state index contributed by atoms with van der Waals surface area (Å²) in [5.74, 6) is 1.11. The van der Waals surface area contributed by atoms with Crippen LogP contribution in [0.4, 0.5) is 5.82 Å². The van der Waals surface area contributed by atoms with Crippen LogP contribution in [0, 0.1) is 6.92 Å². The molecule has 0 unspecified atom stereocenters. The molecule has 2 N–H and O–H groups in total. The van der Waals surface area contributed by atoms with Crippen molar-refractivity contribution in [3.05, 3.63) is 42.2 Å². The molecule has 0 saturated carbocycles. The molecule has 3 aromatic rings. The van der Waals surface area contributed by atoms with E-state index in [-0.39, 0.29) is 0 Å². The topological polar surface area (TPSA) is 81.3 Å². The number of carbonyl (C=O) groups excluding carboxylic acids is 1. The van der Waals surface area contributed by atoms with Gasteiger partial charge in [0.2, 0.25) is 5.91 Å². The van der Waals surface area contributed by atoms with Gasteiger partial charge in [0.25, 0.3) is 0 Å². The van der Waals surface area contributed by atoms with Crippen LogP contribution >= 0.6 is 11.3 Å². The Hall–Kier alpha value is -2.51. The van der Waals surface area contributed by atoms with Crippen LogP contribution in [0.5, 0.6) is 0 Å². The van der Waals surface area contributed by atoms with E-state index in [9.17, 15) is 4.79 Å². The quantitative estimate of drug-likeness (QED) is 0.781. The van der Waals surface area contributed by atoms with Gasteiger partial charge in [0.15, 0.2) is 6.10 Å². The maximum absolute atomic E-state index is 11.5. The predicted octanol–water partition coefficient (Wildman–Crippen LogP) is 2.36. The number of aryl methyl sites for hydroxylation is 1. The smallest absolute Gasteiger partial charge is 0.248 e. The molecule has 0 spiro atoms. The van der Waals surface area contributed by atoms with Crippen LogP contribution in [0.15, 0.2) is 36.4 Å². The Kier molecular flexibility index (Phi) is 4.10. The van der Waals surface area contributed by atoms with E-state index in [1.165, 1.54) is 0 Å². The van der Waals surface area contributed by atoms with Gasteiger partial charge >= 0.3 is 0 Å². The Labute approximate surface area is 149 Å². The summed E-state index contributed by atoms with van der Waals surface area (Å²) in [7, 11) is 0. The van der Waals surface area contributed by atoms with Crippen LogP contribution in [0.2, 0.25) is 0 Å². The number of benzene rings is 1. The third kappa shape index (κ3) is 3.08. The highest BCUT2D eigenvalue weighted by molar-refractivity contribution is 7.21. The van der Waals surface area contributed by atoms with E-state index < -0.39 is 12.0 Å². The van der Waals surface area contributed by atoms with Gasteiger partial charge in [-0.2, -0.15) is 0 Å². The van der Waals surface area contributed by atoms with Crippen LogP contribution in [0.25, 0.3) is 20.7 Å². The van der Waals surface area contributed by atoms with Crippen molar-refractivity contribution in [3.8, 4) is 10.4 Å². The fraction of sp³-hybridized carbons (Fsp3) is 0.278. The number of hydrogen-bond acceptors (Lipinski definition) is 6. The van der Waals surface area contributed by atoms with Crippen molar-refractivity contribution in [1.82, 2.24) is 9.97 Å². The molecule has 4 rings (SSSR count). The second-order valence-corrected chi connectivity index (χ2v) is 7.03. The summed E-state index contributed by atoms with van der Waals surface area (Å²) in [4.78, 5) is 24.9. The summed E-state index contributed by atoms with van der Waals surface area (Å²) in [5, 5.41) is 1.000. The number of primary amides is 1. The Bertz CT molecular complexity index is 925. The van der Waals surface area contributed by atoms with Crippen molar-refractivity contribution in [2.24, 2.45) is 5.73 Å². The highest BCUT2D eigenvalue weighted by Crippen LogP contribution is 2.36. The van der Waals surface area contributed by atoms with Gasteiger partial charge in [0.05, 0.1) is 18.5 Å². The fourth-order valence-electron chi connectivity index (χ4n) is 3.01. The molecule has 1 aliphatic rings. The lowest BCUT2D eigenvalue weighted by molar-refractivity contribution is -0.130. The summed E-state index contributed by atoms with van der Waals surface area (Å²) < 4.78 is 5.45. The predicted molar refractivity (Wildman–Crippen MR) is 98.7 cm³/mol. The first-order chi connectivity index (χ1) is 12.1. The minimum Gasteiger partial charge on any atom is -0.367 e. The van der Waals surface area contributed by atoms with Crippen molar-refractivity contribution in [2.75, 3.05) is 24.6 Å². The van der Waals surface area contributed by atoms with Gasteiger partial charge in [-0.25, -0.2) is 9.97 Å². The number of ether oxygens (including phenoxy) is 1. The van der Waals surface area contributed by atoms with E-state index >= 15 is 0 Å². The number of amides is 1. The molecule has 1 atom stereocenters. The maximum Gasteiger partial charge on any atom is 0.248 e. The summed E-state index contributed by atoms with van der Waals surface area (Å²) in [6.07, 6.45) is -0.605. The van der Waals surface area contributed by atoms with Gasteiger partial charge in [-0.1, -0.05) is 30.3 Å². The summed E-state index contributed by atoms with van der Waals surface area (Å²) in [6, 6.07) is 12.3. The lowest BCUT2D eigenvalue weighted by Crippen LogP contribution is -2.48. The van der Waals surface area contributed by atoms with Crippen molar-refractivity contribution < 1.29 is 9.53 Å². The van der Waals surface area contributed by atoms with Gasteiger partial charge in [0.1, 0.15) is 16.5 Å². The lowest BCUT2D eigenvalue weighted by Gasteiger charge is -2.32. The Morgan fingerprint density at radius 2 is 2.12 bits per heavy atom. The molecule has 0 aliphatic carbocycles. The zero-order valence-corrected chi connectivity index (χ0v) is 14.6. The number of hydrogen-bond donors (Lipinski definition) is 1. The molecule has 7 heteroatoms. The summed E-state index contributed by atoms with van der Waals surface area (Å²) in [6.45, 7) is 3.42. The first-order valence-corrected chi connectivity index (χ1v) is 8.93. The SMILES string of the molecule is Cc1nc(N2CCO[C@H](C(N)=O)C2)c2cc(-c3ccccc3)sc2n1. The van der Waals surface area contributed by atoms with Crippen molar-refractivity contribution in [2.45, 2.75) is 13.0 Å². The molecule has 1 aliphatic heterocycles. The largest absolute Gasteiger partial charge is 0.367 e. The Morgan fingerprint density at radius 3 is 2.88 bits per heavy atom. The molecule has 6 nitrogen and oxygen atoms in total. The minimum absolute atomic E-state index is 0.414. The average molecular weight is 354 g/mol. The number of fused-ring (bicyclic) bond motifs is 1. The average Bonchev–Trinajstić information content (AvgIpc) is 3.05. The maximum atomic E-state index is 11.5. The molecule has 1 fully saturated rings. The number of nitrogens with two attached hydrogens (primary N) is 1. The zero-order chi connectivity index (χ0) is 17.4. The van der Waals surface area contributed by atoms with Gasteiger partial charge in [-0.15, -0.1) is 11.3 Å². The van der Waals surface area contributed by atoms with Crippen LogP contribution < -0.4 is 10.6 Å². The molecule has 25 heavy (non-hydrogen) atoms. The molecule has 2 aromatic heterocycles. The highest BCUT2D eigenvalue weighted by atomic mass is 32.1. The molecule has 3 heterocycles. The monoisotopic (exact) mass is 354 g/mol. The summed E-state index contributed by atoms with van der Waals surface area (Å²) >= 11 is 1.65. The van der Waals surface area contributed by atoms with Crippen LogP contribution in [0.1, 0.15) is 5.82 Å². The Balaban J connectivity index is 1.78. The molecule has 1 aromatic carbocycles. The van der Waals surface area contributed by atoms with Gasteiger partial charge in [0, 0.05) is 11.4 Å². The number of thiophene rings is 1. The standard InChI is InChI=1S/C18H18N4O2S/c1-11-20-17(22-7-8-24-14(10-22)16(19)23)13-9-15(25-18(13)21-11)12-5-3-2-4-6-12/h2-6,9,14H,7-8,10H2,1H3,(H2,19,23)/t14-/m0/s1. The number of rotatable bonds is 3. The van der Waals surface area contributed by atoms with Crippen molar-refractivity contribution >= 4 is 33.3 Å².